The molecule has 0 spiro atoms. The number of nitrogens with one attached hydrogen (secondary N) is 1. The maximum atomic E-state index is 12.5. The molecule has 0 radical (unpaired) electrons. The smallest absolute Gasteiger partial charge is 0.250 e. The highest BCUT2D eigenvalue weighted by Crippen LogP contribution is 2.28. The quantitative estimate of drug-likeness (QED) is 0.187. The summed E-state index contributed by atoms with van der Waals surface area (Å²) in [5.74, 6) is 1.34. The molecule has 3 aromatic carbocycles. The molecule has 0 bridgehead atoms. The van der Waals surface area contributed by atoms with Crippen LogP contribution in [0.25, 0.3) is 17.1 Å². The van der Waals surface area contributed by atoms with Crippen molar-refractivity contribution in [2.75, 3.05) is 12.9 Å². The highest BCUT2D eigenvalue weighted by atomic mass is 79.9. The predicted octanol–water partition coefficient (Wildman–Crippen LogP) is 5.34. The van der Waals surface area contributed by atoms with E-state index >= 15 is 0 Å². The Bertz CT molecular complexity index is 1310. The SMILES string of the molecule is COc1cccc(/C(C)=N\NC(=O)CSc2nnc(-c3ccccc3)n2-c2ccc(Br)cc2)c1. The van der Waals surface area contributed by atoms with Crippen LogP contribution in [0.3, 0.4) is 0 Å². The van der Waals surface area contributed by atoms with Gasteiger partial charge in [0.15, 0.2) is 11.0 Å². The third-order valence-corrected chi connectivity index (χ3v) is 6.38. The molecule has 0 fully saturated rings. The number of hydrazone groups is 1. The fourth-order valence-electron chi connectivity index (χ4n) is 3.18. The Hall–Kier alpha value is -3.43. The third-order valence-electron chi connectivity index (χ3n) is 4.92. The molecule has 1 amide bonds. The van der Waals surface area contributed by atoms with Crippen molar-refractivity contribution < 1.29 is 9.53 Å². The number of nitrogens with zero attached hydrogens (tertiary/aromatic N) is 4. The second-order valence-corrected chi connectivity index (χ2v) is 9.10. The number of aromatic nitrogens is 3. The van der Waals surface area contributed by atoms with Gasteiger partial charge in [-0.1, -0.05) is 70.2 Å². The minimum atomic E-state index is -0.237. The molecular formula is C25H22BrN5O2S. The molecule has 0 saturated carbocycles. The monoisotopic (exact) mass is 535 g/mol. The highest BCUT2D eigenvalue weighted by Gasteiger charge is 2.17. The first kappa shape index (κ1) is 23.7. The van der Waals surface area contributed by atoms with Crippen molar-refractivity contribution in [2.24, 2.45) is 5.10 Å². The highest BCUT2D eigenvalue weighted by molar-refractivity contribution is 9.10. The molecule has 0 atom stereocenters. The number of benzene rings is 3. The van der Waals surface area contributed by atoms with Gasteiger partial charge in [0.1, 0.15) is 5.75 Å². The molecule has 0 aliphatic heterocycles. The lowest BCUT2D eigenvalue weighted by atomic mass is 10.1. The van der Waals surface area contributed by atoms with Crippen molar-refractivity contribution in [1.29, 1.82) is 0 Å². The molecule has 34 heavy (non-hydrogen) atoms. The van der Waals surface area contributed by atoms with Gasteiger partial charge >= 0.3 is 0 Å². The molecule has 0 unspecified atom stereocenters. The second-order valence-electron chi connectivity index (χ2n) is 7.24. The lowest BCUT2D eigenvalue weighted by molar-refractivity contribution is -0.118. The number of thioether (sulfide) groups is 1. The van der Waals surface area contributed by atoms with Gasteiger partial charge in [0.25, 0.3) is 5.91 Å². The maximum Gasteiger partial charge on any atom is 0.250 e. The van der Waals surface area contributed by atoms with E-state index < -0.39 is 0 Å². The van der Waals surface area contributed by atoms with E-state index in [2.05, 4.69) is 36.7 Å². The molecule has 0 aliphatic carbocycles. The molecular weight excluding hydrogens is 514 g/mol. The van der Waals surface area contributed by atoms with Crippen molar-refractivity contribution in [2.45, 2.75) is 12.1 Å². The normalized spacial score (nSPS) is 11.3. The molecule has 9 heteroatoms. The summed E-state index contributed by atoms with van der Waals surface area (Å²) in [6, 6.07) is 25.2. The summed E-state index contributed by atoms with van der Waals surface area (Å²) in [7, 11) is 1.61. The zero-order chi connectivity index (χ0) is 23.9. The number of carbonyl (C=O) groups excluding carboxylic acids is 1. The Balaban J connectivity index is 1.51. The van der Waals surface area contributed by atoms with Crippen LogP contribution in [0, 0.1) is 0 Å². The first-order chi connectivity index (χ1) is 16.5. The zero-order valence-corrected chi connectivity index (χ0v) is 21.0. The summed E-state index contributed by atoms with van der Waals surface area (Å²) >= 11 is 4.78. The van der Waals surface area contributed by atoms with E-state index in [1.807, 2.05) is 90.4 Å². The number of rotatable bonds is 8. The molecule has 7 nitrogen and oxygen atoms in total. The molecule has 4 aromatic rings. The number of hydrogen-bond donors (Lipinski definition) is 1. The van der Waals surface area contributed by atoms with Crippen LogP contribution in [0.5, 0.6) is 5.75 Å². The second kappa shape index (κ2) is 11.1. The van der Waals surface area contributed by atoms with Crippen molar-refractivity contribution in [3.05, 3.63) is 88.9 Å². The van der Waals surface area contributed by atoms with Crippen molar-refractivity contribution in [3.63, 3.8) is 0 Å². The van der Waals surface area contributed by atoms with E-state index in [-0.39, 0.29) is 11.7 Å². The number of halogens is 1. The van der Waals surface area contributed by atoms with Gasteiger partial charge < -0.3 is 4.74 Å². The third kappa shape index (κ3) is 5.73. The topological polar surface area (TPSA) is 81.4 Å². The molecule has 1 heterocycles. The van der Waals surface area contributed by atoms with E-state index in [1.54, 1.807) is 7.11 Å². The van der Waals surface area contributed by atoms with Crippen molar-refractivity contribution in [1.82, 2.24) is 20.2 Å². The van der Waals surface area contributed by atoms with Gasteiger partial charge in [-0.05, 0) is 43.3 Å². The average molecular weight is 536 g/mol. The fraction of sp³-hybridized carbons (Fsp3) is 0.120. The minimum Gasteiger partial charge on any atom is -0.497 e. The number of methoxy groups -OCH3 is 1. The number of ether oxygens (including phenoxy) is 1. The summed E-state index contributed by atoms with van der Waals surface area (Å²) in [6.45, 7) is 1.83. The van der Waals surface area contributed by atoms with E-state index in [9.17, 15) is 4.79 Å². The Morgan fingerprint density at radius 2 is 1.82 bits per heavy atom. The lowest BCUT2D eigenvalue weighted by Crippen LogP contribution is -2.21. The molecule has 0 saturated heterocycles. The standard InChI is InChI=1S/C25H22BrN5O2S/c1-17(19-9-6-10-22(15-19)33-2)27-28-23(32)16-34-25-30-29-24(18-7-4-3-5-8-18)31(25)21-13-11-20(26)12-14-21/h3-15H,16H2,1-2H3,(H,28,32)/b27-17-. The summed E-state index contributed by atoms with van der Waals surface area (Å²) in [5, 5.41) is 13.6. The summed E-state index contributed by atoms with van der Waals surface area (Å²) in [5.41, 5.74) is 6.01. The van der Waals surface area contributed by atoms with Gasteiger partial charge in [-0.15, -0.1) is 10.2 Å². The minimum absolute atomic E-state index is 0.137. The van der Waals surface area contributed by atoms with Crippen LogP contribution in [0.15, 0.2) is 93.6 Å². The summed E-state index contributed by atoms with van der Waals surface area (Å²) < 4.78 is 8.17. The van der Waals surface area contributed by atoms with Crippen LogP contribution in [0.2, 0.25) is 0 Å². The van der Waals surface area contributed by atoms with Crippen LogP contribution >= 0.6 is 27.7 Å². The lowest BCUT2D eigenvalue weighted by Gasteiger charge is -2.10. The van der Waals surface area contributed by atoms with Gasteiger partial charge in [-0.2, -0.15) is 5.10 Å². The van der Waals surface area contributed by atoms with Gasteiger partial charge in [0.2, 0.25) is 0 Å². The van der Waals surface area contributed by atoms with Crippen LogP contribution in [0.1, 0.15) is 12.5 Å². The zero-order valence-electron chi connectivity index (χ0n) is 18.6. The average Bonchev–Trinajstić information content (AvgIpc) is 3.31. The summed E-state index contributed by atoms with van der Waals surface area (Å²) in [4.78, 5) is 12.5. The molecule has 1 aromatic heterocycles. The molecule has 4 rings (SSSR count). The number of hydrogen-bond acceptors (Lipinski definition) is 6. The fourth-order valence-corrected chi connectivity index (χ4v) is 4.19. The van der Waals surface area contributed by atoms with Gasteiger partial charge in [-0.25, -0.2) is 5.43 Å². The van der Waals surface area contributed by atoms with Crippen LogP contribution in [-0.4, -0.2) is 39.2 Å². The van der Waals surface area contributed by atoms with E-state index in [0.717, 1.165) is 27.0 Å². The summed E-state index contributed by atoms with van der Waals surface area (Å²) in [6.07, 6.45) is 0. The van der Waals surface area contributed by atoms with Crippen molar-refractivity contribution in [3.8, 4) is 22.8 Å². The first-order valence-corrected chi connectivity index (χ1v) is 12.2. The Morgan fingerprint density at radius 1 is 1.06 bits per heavy atom. The Kier molecular flexibility index (Phi) is 7.76. The number of carbonyl (C=O) groups is 1. The van der Waals surface area contributed by atoms with Crippen LogP contribution in [0.4, 0.5) is 0 Å². The molecule has 172 valence electrons. The molecule has 1 N–H and O–H groups in total. The van der Waals surface area contributed by atoms with Gasteiger partial charge in [0, 0.05) is 21.3 Å². The Morgan fingerprint density at radius 3 is 2.56 bits per heavy atom. The maximum absolute atomic E-state index is 12.5. The Labute approximate surface area is 210 Å². The largest absolute Gasteiger partial charge is 0.497 e. The molecule has 0 aliphatic rings. The number of amides is 1. The van der Waals surface area contributed by atoms with E-state index in [4.69, 9.17) is 4.74 Å². The van der Waals surface area contributed by atoms with E-state index in [0.29, 0.717) is 16.7 Å². The van der Waals surface area contributed by atoms with Gasteiger partial charge in [0.05, 0.1) is 18.6 Å². The van der Waals surface area contributed by atoms with Crippen LogP contribution in [-0.2, 0) is 4.79 Å². The predicted molar refractivity (Wildman–Crippen MR) is 139 cm³/mol. The first-order valence-electron chi connectivity index (χ1n) is 10.4. The van der Waals surface area contributed by atoms with Crippen molar-refractivity contribution >= 4 is 39.3 Å². The van der Waals surface area contributed by atoms with Gasteiger partial charge in [-0.3, -0.25) is 9.36 Å². The van der Waals surface area contributed by atoms with Crippen LogP contribution < -0.4 is 10.2 Å². The van der Waals surface area contributed by atoms with E-state index in [1.165, 1.54) is 11.8 Å².